The number of phosphoric ester groups is 1. The summed E-state index contributed by atoms with van der Waals surface area (Å²) < 4.78 is 39.7. The lowest BCUT2D eigenvalue weighted by Gasteiger charge is -2.21. The van der Waals surface area contributed by atoms with Crippen molar-refractivity contribution in [2.24, 2.45) is 0 Å². The minimum Gasteiger partial charge on any atom is -0.462 e. The monoisotopic (exact) mass is 1120 g/mol. The Labute approximate surface area is 480 Å². The van der Waals surface area contributed by atoms with Crippen LogP contribution in [-0.2, 0) is 42.2 Å². The molecule has 0 bridgehead atoms. The summed E-state index contributed by atoms with van der Waals surface area (Å²) in [5, 5.41) is 9.83. The first-order chi connectivity index (χ1) is 38.2. The number of ether oxygens (including phenoxy) is 3. The summed E-state index contributed by atoms with van der Waals surface area (Å²) in [5.41, 5.74) is 0. The third kappa shape index (κ3) is 58.4. The van der Waals surface area contributed by atoms with Gasteiger partial charge in [-0.1, -0.05) is 295 Å². The fourth-order valence-corrected chi connectivity index (χ4v) is 10.4. The molecule has 0 aliphatic rings. The number of rotatable bonds is 62. The predicted octanol–water partition coefficient (Wildman–Crippen LogP) is 19.9. The Morgan fingerprint density at radius 2 is 0.667 bits per heavy atom. The molecule has 11 nitrogen and oxygen atoms in total. The zero-order valence-electron chi connectivity index (χ0n) is 50.9. The number of aliphatic hydroxyl groups excluding tert-OH is 1. The van der Waals surface area contributed by atoms with Gasteiger partial charge in [0, 0.05) is 19.3 Å². The lowest BCUT2D eigenvalue weighted by molar-refractivity contribution is -0.161. The van der Waals surface area contributed by atoms with E-state index in [4.69, 9.17) is 23.3 Å². The molecule has 0 heterocycles. The van der Waals surface area contributed by atoms with Crippen LogP contribution in [0, 0.1) is 0 Å². The normalized spacial score (nSPS) is 13.4. The maximum Gasteiger partial charge on any atom is 0.472 e. The van der Waals surface area contributed by atoms with Crippen molar-refractivity contribution in [1.82, 2.24) is 0 Å². The third-order valence-corrected chi connectivity index (χ3v) is 15.5. The summed E-state index contributed by atoms with van der Waals surface area (Å²) in [6, 6.07) is 0. The number of hydrogen-bond acceptors (Lipinski definition) is 10. The number of carbonyl (C=O) groups is 3. The van der Waals surface area contributed by atoms with Gasteiger partial charge in [0.25, 0.3) is 0 Å². The van der Waals surface area contributed by atoms with Crippen LogP contribution < -0.4 is 0 Å². The smallest absolute Gasteiger partial charge is 0.462 e. The summed E-state index contributed by atoms with van der Waals surface area (Å²) in [7, 11) is -4.75. The van der Waals surface area contributed by atoms with Crippen molar-refractivity contribution in [2.45, 2.75) is 341 Å². The van der Waals surface area contributed by atoms with Crippen molar-refractivity contribution < 1.29 is 52.2 Å². The topological polar surface area (TPSA) is 155 Å². The quantitative estimate of drug-likeness (QED) is 0.0197. The molecule has 0 aromatic rings. The van der Waals surface area contributed by atoms with E-state index in [1.54, 1.807) is 0 Å². The van der Waals surface area contributed by atoms with Crippen LogP contribution in [0.1, 0.15) is 329 Å². The standard InChI is InChI=1S/C66H123O11P/c1-4-7-10-13-16-19-22-25-27-29-31-33-35-38-40-43-46-49-52-55-64(68)73-59-63(77-66(70)57-54-51-48-45-42-39-36-34-32-30-28-26-23-20-17-14-11-8-5-2)61-75-78(71,72)74-60-62(58-67)76-65(69)56-53-50-47-44-41-37-24-21-18-15-12-9-6-3/h9,12,18,21,37,41,62-63,67H,4-8,10-11,13-17,19-20,22-36,38-40,42-61H2,1-3H3,(H,71,72)/b12-9-,21-18-,41-37-. The molecule has 0 aliphatic heterocycles. The molecule has 2 N–H and O–H groups in total. The van der Waals surface area contributed by atoms with Gasteiger partial charge in [0.15, 0.2) is 6.10 Å². The summed E-state index contributed by atoms with van der Waals surface area (Å²) in [4.78, 5) is 48.7. The van der Waals surface area contributed by atoms with E-state index in [0.29, 0.717) is 19.3 Å². The highest BCUT2D eigenvalue weighted by molar-refractivity contribution is 7.47. The summed E-state index contributed by atoms with van der Waals surface area (Å²) in [5.74, 6) is -1.46. The van der Waals surface area contributed by atoms with Crippen molar-refractivity contribution in [3.8, 4) is 0 Å². The number of hydrogen-bond donors (Lipinski definition) is 2. The molecule has 0 radical (unpaired) electrons. The SMILES string of the molecule is CC/C=C\C/C=C\C/C=C\CCCCCC(=O)OC(CO)COP(=O)(O)OCC(COC(=O)CCCCCCCCCCCCCCCCCCCCC)OC(=O)CCCCCCCCCCCCCCCCCCCCC. The van der Waals surface area contributed by atoms with Gasteiger partial charge in [0.2, 0.25) is 0 Å². The van der Waals surface area contributed by atoms with Crippen LogP contribution in [0.5, 0.6) is 0 Å². The average Bonchev–Trinajstić information content (AvgIpc) is 3.43. The van der Waals surface area contributed by atoms with Gasteiger partial charge in [0.05, 0.1) is 19.8 Å². The highest BCUT2D eigenvalue weighted by atomic mass is 31.2. The van der Waals surface area contributed by atoms with Crippen molar-refractivity contribution in [3.05, 3.63) is 36.5 Å². The van der Waals surface area contributed by atoms with E-state index in [1.807, 2.05) is 0 Å². The maximum absolute atomic E-state index is 13.0. The van der Waals surface area contributed by atoms with Gasteiger partial charge in [-0.05, 0) is 51.4 Å². The third-order valence-electron chi connectivity index (χ3n) is 14.6. The molecule has 0 aliphatic carbocycles. The summed E-state index contributed by atoms with van der Waals surface area (Å²) in [6.45, 7) is 4.58. The molecule has 0 spiro atoms. The number of allylic oxidation sites excluding steroid dienone is 6. The lowest BCUT2D eigenvalue weighted by Crippen LogP contribution is -2.30. The number of aliphatic hydroxyl groups is 1. The minimum absolute atomic E-state index is 0.145. The summed E-state index contributed by atoms with van der Waals surface area (Å²) in [6.07, 6.45) is 65.4. The summed E-state index contributed by atoms with van der Waals surface area (Å²) >= 11 is 0. The predicted molar refractivity (Wildman–Crippen MR) is 326 cm³/mol. The van der Waals surface area contributed by atoms with Gasteiger partial charge in [-0.25, -0.2) is 4.57 Å². The van der Waals surface area contributed by atoms with Crippen LogP contribution in [0.25, 0.3) is 0 Å². The molecule has 0 saturated heterocycles. The second-order valence-electron chi connectivity index (χ2n) is 22.3. The molecular formula is C66H123O11P. The zero-order chi connectivity index (χ0) is 56.9. The molecule has 3 atom stereocenters. The Bertz CT molecular complexity index is 1450. The molecule has 458 valence electrons. The number of esters is 3. The van der Waals surface area contributed by atoms with Crippen LogP contribution in [0.3, 0.4) is 0 Å². The van der Waals surface area contributed by atoms with E-state index in [0.717, 1.165) is 77.0 Å². The molecule has 0 saturated carbocycles. The van der Waals surface area contributed by atoms with Crippen molar-refractivity contribution >= 4 is 25.7 Å². The molecule has 12 heteroatoms. The molecule has 0 rings (SSSR count). The molecule has 0 aromatic heterocycles. The van der Waals surface area contributed by atoms with E-state index in [-0.39, 0.29) is 25.9 Å². The second-order valence-corrected chi connectivity index (χ2v) is 23.7. The van der Waals surface area contributed by atoms with Crippen LogP contribution in [0.2, 0.25) is 0 Å². The van der Waals surface area contributed by atoms with E-state index in [9.17, 15) is 28.9 Å². The van der Waals surface area contributed by atoms with Crippen LogP contribution in [0.15, 0.2) is 36.5 Å². The van der Waals surface area contributed by atoms with E-state index < -0.39 is 57.8 Å². The van der Waals surface area contributed by atoms with Crippen molar-refractivity contribution in [2.75, 3.05) is 26.4 Å². The molecule has 0 fully saturated rings. The Hall–Kier alpha value is -2.30. The van der Waals surface area contributed by atoms with Crippen LogP contribution >= 0.6 is 7.82 Å². The van der Waals surface area contributed by atoms with Gasteiger partial charge >= 0.3 is 25.7 Å². The van der Waals surface area contributed by atoms with Gasteiger partial charge in [-0.15, -0.1) is 0 Å². The number of unbranched alkanes of at least 4 members (excludes halogenated alkanes) is 39. The molecule has 3 unspecified atom stereocenters. The number of phosphoric acid groups is 1. The van der Waals surface area contributed by atoms with Crippen LogP contribution in [0.4, 0.5) is 0 Å². The van der Waals surface area contributed by atoms with Crippen molar-refractivity contribution in [1.29, 1.82) is 0 Å². The average molecular weight is 1120 g/mol. The fraction of sp³-hybridized carbons (Fsp3) is 0.864. The zero-order valence-corrected chi connectivity index (χ0v) is 51.8. The Morgan fingerprint density at radius 3 is 1.03 bits per heavy atom. The molecule has 0 amide bonds. The molecule has 78 heavy (non-hydrogen) atoms. The number of carbonyl (C=O) groups excluding carboxylic acids is 3. The maximum atomic E-state index is 13.0. The second kappa shape index (κ2) is 60.8. The van der Waals surface area contributed by atoms with Gasteiger partial charge in [0.1, 0.15) is 12.7 Å². The molecular weight excluding hydrogens is 1000 g/mol. The Morgan fingerprint density at radius 1 is 0.372 bits per heavy atom. The van der Waals surface area contributed by atoms with Crippen molar-refractivity contribution in [3.63, 3.8) is 0 Å². The van der Waals surface area contributed by atoms with E-state index in [1.165, 1.54) is 193 Å². The van der Waals surface area contributed by atoms with Gasteiger partial charge in [-0.2, -0.15) is 0 Å². The fourth-order valence-electron chi connectivity index (χ4n) is 9.61. The van der Waals surface area contributed by atoms with Gasteiger partial charge in [-0.3, -0.25) is 23.4 Å². The largest absolute Gasteiger partial charge is 0.472 e. The Balaban J connectivity index is 4.66. The van der Waals surface area contributed by atoms with E-state index in [2.05, 4.69) is 57.2 Å². The van der Waals surface area contributed by atoms with E-state index >= 15 is 0 Å². The Kier molecular flexibility index (Phi) is 59.0. The first-order valence-corrected chi connectivity index (χ1v) is 34.4. The minimum atomic E-state index is -4.75. The van der Waals surface area contributed by atoms with Crippen LogP contribution in [-0.4, -0.2) is 66.5 Å². The molecule has 0 aromatic carbocycles. The highest BCUT2D eigenvalue weighted by Crippen LogP contribution is 2.43. The lowest BCUT2D eigenvalue weighted by atomic mass is 10.0. The van der Waals surface area contributed by atoms with Gasteiger partial charge < -0.3 is 24.2 Å². The first kappa shape index (κ1) is 75.7. The highest BCUT2D eigenvalue weighted by Gasteiger charge is 2.28. The first-order valence-electron chi connectivity index (χ1n) is 32.9.